The van der Waals surface area contributed by atoms with E-state index in [-0.39, 0.29) is 5.91 Å². The first-order valence-electron chi connectivity index (χ1n) is 5.06. The Bertz CT molecular complexity index is 404. The van der Waals surface area contributed by atoms with Crippen LogP contribution >= 0.6 is 11.6 Å². The average Bonchev–Trinajstić information content (AvgIpc) is 2.29. The highest BCUT2D eigenvalue weighted by molar-refractivity contribution is 6.36. The fourth-order valence-electron chi connectivity index (χ4n) is 1.40. The highest BCUT2D eigenvalue weighted by Gasteiger charge is 2.16. The second kappa shape index (κ2) is 5.56. The second-order valence-corrected chi connectivity index (χ2v) is 3.72. The zero-order valence-corrected chi connectivity index (χ0v) is 10.00. The maximum absolute atomic E-state index is 12.1. The van der Waals surface area contributed by atoms with Gasteiger partial charge in [-0.1, -0.05) is 23.7 Å². The van der Waals surface area contributed by atoms with Gasteiger partial charge < -0.3 is 10.6 Å². The van der Waals surface area contributed by atoms with Gasteiger partial charge in [-0.25, -0.2) is 0 Å². The van der Waals surface area contributed by atoms with Crippen molar-refractivity contribution in [3.63, 3.8) is 0 Å². The van der Waals surface area contributed by atoms with Crippen molar-refractivity contribution < 1.29 is 4.79 Å². The van der Waals surface area contributed by atoms with Crippen LogP contribution in [0.5, 0.6) is 0 Å². The van der Waals surface area contributed by atoms with Crippen LogP contribution in [0.2, 0.25) is 5.02 Å². The van der Waals surface area contributed by atoms with Gasteiger partial charge in [0.2, 0.25) is 0 Å². The molecule has 0 spiro atoms. The number of hydrogen-bond donors (Lipinski definition) is 1. The van der Waals surface area contributed by atoms with Gasteiger partial charge in [-0.3, -0.25) is 4.79 Å². The summed E-state index contributed by atoms with van der Waals surface area (Å²) in [5.41, 5.74) is 6.51. The molecule has 16 heavy (non-hydrogen) atoms. The molecule has 4 heteroatoms. The van der Waals surface area contributed by atoms with Crippen LogP contribution < -0.4 is 5.73 Å². The molecule has 1 amide bonds. The van der Waals surface area contributed by atoms with Gasteiger partial charge in [0.1, 0.15) is 0 Å². The number of carbonyl (C=O) groups is 1. The number of nitrogen functional groups attached to an aromatic ring is 1. The van der Waals surface area contributed by atoms with Crippen molar-refractivity contribution in [1.29, 1.82) is 0 Å². The van der Waals surface area contributed by atoms with E-state index in [2.05, 4.69) is 6.58 Å². The van der Waals surface area contributed by atoms with Crippen LogP contribution in [0.4, 0.5) is 5.69 Å². The average molecular weight is 239 g/mol. The Morgan fingerprint density at radius 2 is 2.31 bits per heavy atom. The molecule has 0 radical (unpaired) electrons. The number of rotatable bonds is 4. The van der Waals surface area contributed by atoms with E-state index in [0.717, 1.165) is 0 Å². The smallest absolute Gasteiger partial charge is 0.255 e. The predicted molar refractivity (Wildman–Crippen MR) is 67.6 cm³/mol. The molecule has 86 valence electrons. The van der Waals surface area contributed by atoms with Crippen molar-refractivity contribution in [3.05, 3.63) is 41.4 Å². The number of hydrogen-bond acceptors (Lipinski definition) is 2. The van der Waals surface area contributed by atoms with E-state index >= 15 is 0 Å². The van der Waals surface area contributed by atoms with Gasteiger partial charge in [0, 0.05) is 13.1 Å². The van der Waals surface area contributed by atoms with Gasteiger partial charge in [0.25, 0.3) is 5.91 Å². The maximum Gasteiger partial charge on any atom is 0.255 e. The lowest BCUT2D eigenvalue weighted by Gasteiger charge is -2.19. The van der Waals surface area contributed by atoms with Crippen LogP contribution in [0, 0.1) is 0 Å². The van der Waals surface area contributed by atoms with Crippen molar-refractivity contribution >= 4 is 23.2 Å². The summed E-state index contributed by atoms with van der Waals surface area (Å²) in [7, 11) is 0. The molecule has 1 rings (SSSR count). The monoisotopic (exact) mass is 238 g/mol. The number of nitrogens with zero attached hydrogens (tertiary/aromatic N) is 1. The molecule has 0 fully saturated rings. The Labute approximate surface area is 100 Å². The Kier molecular flexibility index (Phi) is 4.38. The standard InChI is InChI=1S/C12H15ClN2O/c1-3-8-15(4-2)12(16)9-6-5-7-10(14)11(9)13/h3,5-7H,1,4,8,14H2,2H3. The van der Waals surface area contributed by atoms with E-state index in [1.54, 1.807) is 29.2 Å². The van der Waals surface area contributed by atoms with Crippen molar-refractivity contribution in [3.8, 4) is 0 Å². The van der Waals surface area contributed by atoms with Crippen LogP contribution in [0.15, 0.2) is 30.9 Å². The normalized spacial score (nSPS) is 9.88. The number of anilines is 1. The molecule has 2 N–H and O–H groups in total. The molecule has 0 aliphatic carbocycles. The topological polar surface area (TPSA) is 46.3 Å². The number of carbonyl (C=O) groups excluding carboxylic acids is 1. The summed E-state index contributed by atoms with van der Waals surface area (Å²) < 4.78 is 0. The van der Waals surface area contributed by atoms with Crippen LogP contribution in [-0.4, -0.2) is 23.9 Å². The molecule has 0 heterocycles. The van der Waals surface area contributed by atoms with Crippen LogP contribution in [0.25, 0.3) is 0 Å². The molecule has 1 aromatic carbocycles. The lowest BCUT2D eigenvalue weighted by atomic mass is 10.1. The molecule has 0 aliphatic heterocycles. The SMILES string of the molecule is C=CCN(CC)C(=O)c1cccc(N)c1Cl. The number of halogens is 1. The summed E-state index contributed by atoms with van der Waals surface area (Å²) in [5.74, 6) is -0.125. The second-order valence-electron chi connectivity index (χ2n) is 3.34. The van der Waals surface area contributed by atoms with Gasteiger partial charge in [-0.15, -0.1) is 6.58 Å². The van der Waals surface area contributed by atoms with Crippen molar-refractivity contribution in [2.75, 3.05) is 18.8 Å². The van der Waals surface area contributed by atoms with E-state index in [4.69, 9.17) is 17.3 Å². The van der Waals surface area contributed by atoms with Gasteiger partial charge >= 0.3 is 0 Å². The van der Waals surface area contributed by atoms with Gasteiger partial charge in [0.15, 0.2) is 0 Å². The van der Waals surface area contributed by atoms with E-state index < -0.39 is 0 Å². The molecule has 1 aromatic rings. The van der Waals surface area contributed by atoms with Crippen molar-refractivity contribution in [2.24, 2.45) is 0 Å². The molecule has 0 unspecified atom stereocenters. The summed E-state index contributed by atoms with van der Waals surface area (Å²) in [6.45, 7) is 6.62. The van der Waals surface area contributed by atoms with Crippen LogP contribution in [-0.2, 0) is 0 Å². The molecule has 0 atom stereocenters. The minimum absolute atomic E-state index is 0.125. The van der Waals surface area contributed by atoms with Gasteiger partial charge in [-0.2, -0.15) is 0 Å². The number of likely N-dealkylation sites (N-methyl/N-ethyl adjacent to an activating group) is 1. The summed E-state index contributed by atoms with van der Waals surface area (Å²) in [4.78, 5) is 13.7. The molecule has 0 saturated heterocycles. The lowest BCUT2D eigenvalue weighted by Crippen LogP contribution is -2.31. The van der Waals surface area contributed by atoms with Crippen molar-refractivity contribution in [2.45, 2.75) is 6.92 Å². The quantitative estimate of drug-likeness (QED) is 0.647. The zero-order valence-electron chi connectivity index (χ0n) is 9.24. The summed E-state index contributed by atoms with van der Waals surface area (Å²) >= 11 is 5.99. The molecule has 3 nitrogen and oxygen atoms in total. The van der Waals surface area contributed by atoms with Crippen LogP contribution in [0.3, 0.4) is 0 Å². The largest absolute Gasteiger partial charge is 0.398 e. The Balaban J connectivity index is 3.03. The third-order valence-electron chi connectivity index (χ3n) is 2.28. The summed E-state index contributed by atoms with van der Waals surface area (Å²) in [6, 6.07) is 5.06. The summed E-state index contributed by atoms with van der Waals surface area (Å²) in [5, 5.41) is 0.315. The first kappa shape index (κ1) is 12.6. The lowest BCUT2D eigenvalue weighted by molar-refractivity contribution is 0.0782. The number of nitrogens with two attached hydrogens (primary N) is 1. The fraction of sp³-hybridized carbons (Fsp3) is 0.250. The third-order valence-corrected chi connectivity index (χ3v) is 2.70. The van der Waals surface area contributed by atoms with E-state index in [1.165, 1.54) is 0 Å². The fourth-order valence-corrected chi connectivity index (χ4v) is 1.60. The minimum atomic E-state index is -0.125. The first-order valence-corrected chi connectivity index (χ1v) is 5.43. The number of amides is 1. The predicted octanol–water partition coefficient (Wildman–Crippen LogP) is 2.57. The van der Waals surface area contributed by atoms with Crippen LogP contribution in [0.1, 0.15) is 17.3 Å². The minimum Gasteiger partial charge on any atom is -0.398 e. The maximum atomic E-state index is 12.1. The Hall–Kier alpha value is -1.48. The first-order chi connectivity index (χ1) is 7.61. The van der Waals surface area contributed by atoms with E-state index in [0.29, 0.717) is 29.4 Å². The Morgan fingerprint density at radius 3 is 2.88 bits per heavy atom. The highest BCUT2D eigenvalue weighted by atomic mass is 35.5. The van der Waals surface area contributed by atoms with Crippen molar-refractivity contribution in [1.82, 2.24) is 4.90 Å². The zero-order chi connectivity index (χ0) is 12.1. The molecule has 0 aromatic heterocycles. The third kappa shape index (κ3) is 2.55. The molecule has 0 saturated carbocycles. The van der Waals surface area contributed by atoms with E-state index in [1.807, 2.05) is 6.92 Å². The number of benzene rings is 1. The van der Waals surface area contributed by atoms with Gasteiger partial charge in [-0.05, 0) is 19.1 Å². The molecule has 0 aliphatic rings. The molecular formula is C12H15ClN2O. The highest BCUT2D eigenvalue weighted by Crippen LogP contribution is 2.24. The van der Waals surface area contributed by atoms with Gasteiger partial charge in [0.05, 0.1) is 16.3 Å². The molecule has 0 bridgehead atoms. The Morgan fingerprint density at radius 1 is 1.62 bits per heavy atom. The molecular weight excluding hydrogens is 224 g/mol. The summed E-state index contributed by atoms with van der Waals surface area (Å²) in [6.07, 6.45) is 1.68. The van der Waals surface area contributed by atoms with E-state index in [9.17, 15) is 4.79 Å².